The van der Waals surface area contributed by atoms with E-state index in [1.54, 1.807) is 0 Å². The summed E-state index contributed by atoms with van der Waals surface area (Å²) in [5.41, 5.74) is 4.14. The van der Waals surface area contributed by atoms with Crippen molar-refractivity contribution in [3.05, 3.63) is 58.9 Å². The fraction of sp³-hybridized carbons (Fsp3) is 0.235. The largest absolute Gasteiger partial charge is 0.396 e. The molecule has 4 nitrogen and oxygen atoms in total. The van der Waals surface area contributed by atoms with Gasteiger partial charge in [0.25, 0.3) is 0 Å². The van der Waals surface area contributed by atoms with Gasteiger partial charge in [-0.1, -0.05) is 23.7 Å². The molecule has 0 radical (unpaired) electrons. The van der Waals surface area contributed by atoms with Crippen LogP contribution in [0.5, 0.6) is 0 Å². The van der Waals surface area contributed by atoms with Gasteiger partial charge in [0.1, 0.15) is 5.82 Å². The van der Waals surface area contributed by atoms with Crippen molar-refractivity contribution in [1.82, 2.24) is 9.55 Å². The lowest BCUT2D eigenvalue weighted by molar-refractivity contribution is 0.299. The van der Waals surface area contributed by atoms with E-state index in [-0.39, 0.29) is 6.61 Å². The molecule has 5 heteroatoms. The van der Waals surface area contributed by atoms with Gasteiger partial charge >= 0.3 is 0 Å². The number of aliphatic hydroxyl groups excluding tert-OH is 1. The van der Waals surface area contributed by atoms with E-state index >= 15 is 0 Å². The zero-order valence-electron chi connectivity index (χ0n) is 12.4. The Balaban J connectivity index is 1.74. The molecule has 2 N–H and O–H groups in total. The highest BCUT2D eigenvalue weighted by molar-refractivity contribution is 6.31. The number of benzene rings is 2. The fourth-order valence-electron chi connectivity index (χ4n) is 2.48. The molecule has 0 amide bonds. The number of hydrogen-bond acceptors (Lipinski definition) is 3. The van der Waals surface area contributed by atoms with Crippen LogP contribution in [0.4, 0.5) is 5.69 Å². The zero-order valence-corrected chi connectivity index (χ0v) is 13.1. The maximum absolute atomic E-state index is 8.92. The molecule has 22 heavy (non-hydrogen) atoms. The molecule has 0 saturated heterocycles. The Morgan fingerprint density at radius 3 is 2.68 bits per heavy atom. The summed E-state index contributed by atoms with van der Waals surface area (Å²) in [5.74, 6) is 0.955. The quantitative estimate of drug-likeness (QED) is 0.759. The summed E-state index contributed by atoms with van der Waals surface area (Å²) in [6, 6.07) is 13.8. The van der Waals surface area contributed by atoms with Crippen molar-refractivity contribution < 1.29 is 5.11 Å². The lowest BCUT2D eigenvalue weighted by Crippen LogP contribution is -2.06. The van der Waals surface area contributed by atoms with E-state index in [4.69, 9.17) is 16.7 Å². The number of fused-ring (bicyclic) bond motifs is 1. The predicted molar refractivity (Wildman–Crippen MR) is 90.3 cm³/mol. The molecule has 1 aromatic heterocycles. The third-order valence-corrected chi connectivity index (χ3v) is 3.98. The van der Waals surface area contributed by atoms with E-state index in [0.29, 0.717) is 18.0 Å². The maximum atomic E-state index is 8.92. The molecular formula is C17H18ClN3O. The van der Waals surface area contributed by atoms with E-state index in [1.165, 1.54) is 0 Å². The minimum atomic E-state index is 0.176. The third-order valence-electron chi connectivity index (χ3n) is 3.74. The SMILES string of the molecule is Cn1c(CNc2ccc(CCO)cc2)nc2cc(Cl)ccc21. The lowest BCUT2D eigenvalue weighted by atomic mass is 10.1. The molecule has 0 bridgehead atoms. The summed E-state index contributed by atoms with van der Waals surface area (Å²) < 4.78 is 2.07. The van der Waals surface area contributed by atoms with Crippen molar-refractivity contribution in [2.24, 2.45) is 7.05 Å². The monoisotopic (exact) mass is 315 g/mol. The number of nitrogens with one attached hydrogen (secondary N) is 1. The second kappa shape index (κ2) is 6.38. The minimum absolute atomic E-state index is 0.176. The number of rotatable bonds is 5. The van der Waals surface area contributed by atoms with Gasteiger partial charge in [0, 0.05) is 24.4 Å². The van der Waals surface area contributed by atoms with Crippen molar-refractivity contribution in [3.8, 4) is 0 Å². The van der Waals surface area contributed by atoms with Crippen LogP contribution in [-0.4, -0.2) is 21.3 Å². The zero-order chi connectivity index (χ0) is 15.5. The lowest BCUT2D eigenvalue weighted by Gasteiger charge is -2.07. The van der Waals surface area contributed by atoms with Gasteiger partial charge in [-0.15, -0.1) is 0 Å². The molecule has 0 spiro atoms. The van der Waals surface area contributed by atoms with Crippen molar-refractivity contribution in [2.45, 2.75) is 13.0 Å². The summed E-state index contributed by atoms with van der Waals surface area (Å²) in [4.78, 5) is 4.62. The molecule has 114 valence electrons. The molecule has 0 unspecified atom stereocenters. The Hall–Kier alpha value is -2.04. The van der Waals surface area contributed by atoms with Crippen LogP contribution in [0.1, 0.15) is 11.4 Å². The van der Waals surface area contributed by atoms with Crippen LogP contribution in [0.3, 0.4) is 0 Å². The standard InChI is InChI=1S/C17H18ClN3O/c1-21-16-7-4-13(18)10-15(16)20-17(21)11-19-14-5-2-12(3-6-14)8-9-22/h2-7,10,19,22H,8-9,11H2,1H3. The Bertz CT molecular complexity index is 780. The van der Waals surface area contributed by atoms with E-state index in [1.807, 2.05) is 49.5 Å². The Labute approximate surface area is 134 Å². The van der Waals surface area contributed by atoms with Gasteiger partial charge in [0.2, 0.25) is 0 Å². The van der Waals surface area contributed by atoms with Crippen molar-refractivity contribution in [2.75, 3.05) is 11.9 Å². The Morgan fingerprint density at radius 2 is 1.95 bits per heavy atom. The van der Waals surface area contributed by atoms with Crippen LogP contribution >= 0.6 is 11.6 Å². The highest BCUT2D eigenvalue weighted by Crippen LogP contribution is 2.20. The topological polar surface area (TPSA) is 50.1 Å². The summed E-state index contributed by atoms with van der Waals surface area (Å²) in [7, 11) is 2.00. The average molecular weight is 316 g/mol. The molecule has 0 atom stereocenters. The first-order valence-electron chi connectivity index (χ1n) is 7.22. The van der Waals surface area contributed by atoms with Gasteiger partial charge in [-0.05, 0) is 42.3 Å². The van der Waals surface area contributed by atoms with E-state index in [0.717, 1.165) is 28.1 Å². The normalized spacial score (nSPS) is 11.0. The second-order valence-electron chi connectivity index (χ2n) is 5.24. The molecule has 0 aliphatic rings. The van der Waals surface area contributed by atoms with Gasteiger partial charge in [-0.2, -0.15) is 0 Å². The predicted octanol–water partition coefficient (Wildman–Crippen LogP) is 3.37. The molecule has 0 aliphatic heterocycles. The second-order valence-corrected chi connectivity index (χ2v) is 5.68. The van der Waals surface area contributed by atoms with E-state index < -0.39 is 0 Å². The molecular weight excluding hydrogens is 298 g/mol. The first-order chi connectivity index (χ1) is 10.7. The molecule has 2 aromatic carbocycles. The number of anilines is 1. The van der Waals surface area contributed by atoms with Crippen molar-refractivity contribution in [1.29, 1.82) is 0 Å². The number of imidazole rings is 1. The molecule has 1 heterocycles. The Morgan fingerprint density at radius 1 is 1.18 bits per heavy atom. The number of aromatic nitrogens is 2. The van der Waals surface area contributed by atoms with Gasteiger partial charge in [0.15, 0.2) is 0 Å². The average Bonchev–Trinajstić information content (AvgIpc) is 2.82. The first-order valence-corrected chi connectivity index (χ1v) is 7.59. The van der Waals surface area contributed by atoms with Crippen molar-refractivity contribution >= 4 is 28.3 Å². The molecule has 0 aliphatic carbocycles. The highest BCUT2D eigenvalue weighted by Gasteiger charge is 2.07. The number of hydrogen-bond donors (Lipinski definition) is 2. The van der Waals surface area contributed by atoms with E-state index in [2.05, 4.69) is 14.9 Å². The van der Waals surface area contributed by atoms with Gasteiger partial charge in [0.05, 0.1) is 17.6 Å². The molecule has 3 rings (SSSR count). The first kappa shape index (κ1) is 14.9. The van der Waals surface area contributed by atoms with Crippen LogP contribution in [0.25, 0.3) is 11.0 Å². The summed E-state index contributed by atoms with van der Waals surface area (Å²) in [6.07, 6.45) is 0.686. The van der Waals surface area contributed by atoms with Crippen LogP contribution in [0.2, 0.25) is 5.02 Å². The van der Waals surface area contributed by atoms with Crippen LogP contribution in [0.15, 0.2) is 42.5 Å². The number of halogens is 1. The molecule has 0 saturated carbocycles. The number of aryl methyl sites for hydroxylation is 1. The molecule has 0 fully saturated rings. The van der Waals surface area contributed by atoms with Crippen molar-refractivity contribution in [3.63, 3.8) is 0 Å². The summed E-state index contributed by atoms with van der Waals surface area (Å²) in [5, 5.41) is 13.0. The summed E-state index contributed by atoms with van der Waals surface area (Å²) in [6.45, 7) is 0.817. The maximum Gasteiger partial charge on any atom is 0.128 e. The van der Waals surface area contributed by atoms with Gasteiger partial charge in [-0.25, -0.2) is 4.98 Å². The number of aliphatic hydroxyl groups is 1. The minimum Gasteiger partial charge on any atom is -0.396 e. The third kappa shape index (κ3) is 3.08. The Kier molecular flexibility index (Phi) is 4.32. The highest BCUT2D eigenvalue weighted by atomic mass is 35.5. The molecule has 3 aromatic rings. The fourth-order valence-corrected chi connectivity index (χ4v) is 2.65. The summed E-state index contributed by atoms with van der Waals surface area (Å²) >= 11 is 6.01. The van der Waals surface area contributed by atoms with Crippen LogP contribution < -0.4 is 5.32 Å². The van der Waals surface area contributed by atoms with E-state index in [9.17, 15) is 0 Å². The van der Waals surface area contributed by atoms with Gasteiger partial charge < -0.3 is 15.0 Å². The van der Waals surface area contributed by atoms with Crippen LogP contribution in [-0.2, 0) is 20.0 Å². The number of nitrogens with zero attached hydrogens (tertiary/aromatic N) is 2. The van der Waals surface area contributed by atoms with Crippen LogP contribution in [0, 0.1) is 0 Å². The smallest absolute Gasteiger partial charge is 0.128 e. The van der Waals surface area contributed by atoms with Gasteiger partial charge in [-0.3, -0.25) is 0 Å².